The van der Waals surface area contributed by atoms with Gasteiger partial charge in [0.05, 0.1) is 0 Å². The molecule has 4 heteroatoms. The second-order valence-corrected chi connectivity index (χ2v) is 6.74. The van der Waals surface area contributed by atoms with Crippen LogP contribution in [0.15, 0.2) is 33.4 Å². The van der Waals surface area contributed by atoms with Crippen LogP contribution in [0.2, 0.25) is 0 Å². The summed E-state index contributed by atoms with van der Waals surface area (Å²) in [7, 11) is 0. The van der Waals surface area contributed by atoms with Gasteiger partial charge in [0.1, 0.15) is 0 Å². The zero-order valence-corrected chi connectivity index (χ0v) is 12.3. The molecular weight excluding hydrogens is 302 g/mol. The zero-order chi connectivity index (χ0) is 11.4. The largest absolute Gasteiger partial charge is 0.309 e. The van der Waals surface area contributed by atoms with Crippen molar-refractivity contribution < 1.29 is 0 Å². The van der Waals surface area contributed by atoms with Gasteiger partial charge < -0.3 is 5.32 Å². The van der Waals surface area contributed by atoms with E-state index in [0.717, 1.165) is 13.0 Å². The van der Waals surface area contributed by atoms with Crippen molar-refractivity contribution in [2.75, 3.05) is 0 Å². The minimum atomic E-state index is 0.527. The molecular formula is C12H14BrNS2. The average molecular weight is 316 g/mol. The van der Waals surface area contributed by atoms with Crippen LogP contribution in [0.25, 0.3) is 0 Å². The quantitative estimate of drug-likeness (QED) is 0.867. The maximum atomic E-state index is 3.55. The normalized spacial score (nSPS) is 12.9. The molecule has 2 aromatic rings. The summed E-state index contributed by atoms with van der Waals surface area (Å²) in [5, 5.41) is 7.81. The highest BCUT2D eigenvalue weighted by molar-refractivity contribution is 9.10. The minimum absolute atomic E-state index is 0.527. The highest BCUT2D eigenvalue weighted by Crippen LogP contribution is 2.19. The van der Waals surface area contributed by atoms with Crippen molar-refractivity contribution in [2.24, 2.45) is 0 Å². The summed E-state index contributed by atoms with van der Waals surface area (Å²) in [5.41, 5.74) is 0. The van der Waals surface area contributed by atoms with E-state index in [4.69, 9.17) is 0 Å². The van der Waals surface area contributed by atoms with E-state index < -0.39 is 0 Å². The SMILES string of the molecule is CC(Cc1cccs1)NCc1cc(Br)cs1. The lowest BCUT2D eigenvalue weighted by Crippen LogP contribution is -2.26. The Balaban J connectivity index is 1.77. The lowest BCUT2D eigenvalue weighted by Gasteiger charge is -2.11. The van der Waals surface area contributed by atoms with Crippen molar-refractivity contribution in [3.63, 3.8) is 0 Å². The lowest BCUT2D eigenvalue weighted by atomic mass is 10.2. The van der Waals surface area contributed by atoms with Gasteiger partial charge in [-0.2, -0.15) is 0 Å². The molecule has 0 saturated carbocycles. The first-order chi connectivity index (χ1) is 7.74. The Morgan fingerprint density at radius 2 is 2.25 bits per heavy atom. The number of halogens is 1. The molecule has 86 valence electrons. The molecule has 0 aliphatic rings. The molecule has 0 aromatic carbocycles. The molecule has 16 heavy (non-hydrogen) atoms. The Labute approximate surface area is 113 Å². The fourth-order valence-corrected chi connectivity index (χ4v) is 3.76. The number of rotatable bonds is 5. The molecule has 1 unspecified atom stereocenters. The van der Waals surface area contributed by atoms with Crippen LogP contribution in [0.5, 0.6) is 0 Å². The van der Waals surface area contributed by atoms with Gasteiger partial charge in [-0.15, -0.1) is 22.7 Å². The van der Waals surface area contributed by atoms with Gasteiger partial charge in [0.15, 0.2) is 0 Å². The highest BCUT2D eigenvalue weighted by atomic mass is 79.9. The Kier molecular flexibility index (Phi) is 4.58. The fourth-order valence-electron chi connectivity index (χ4n) is 1.52. The molecule has 2 aromatic heterocycles. The summed E-state index contributed by atoms with van der Waals surface area (Å²) < 4.78 is 1.18. The van der Waals surface area contributed by atoms with Crippen LogP contribution in [-0.2, 0) is 13.0 Å². The molecule has 0 fully saturated rings. The summed E-state index contributed by atoms with van der Waals surface area (Å²) in [6.45, 7) is 3.20. The second-order valence-electron chi connectivity index (χ2n) is 3.80. The highest BCUT2D eigenvalue weighted by Gasteiger charge is 2.04. The number of hydrogen-bond acceptors (Lipinski definition) is 3. The van der Waals surface area contributed by atoms with E-state index >= 15 is 0 Å². The van der Waals surface area contributed by atoms with E-state index in [1.54, 1.807) is 11.3 Å². The third-order valence-electron chi connectivity index (χ3n) is 2.33. The summed E-state index contributed by atoms with van der Waals surface area (Å²) in [4.78, 5) is 2.83. The van der Waals surface area contributed by atoms with Gasteiger partial charge in [0.2, 0.25) is 0 Å². The summed E-state index contributed by atoms with van der Waals surface area (Å²) in [6, 6.07) is 7.02. The monoisotopic (exact) mass is 315 g/mol. The van der Waals surface area contributed by atoms with Gasteiger partial charge in [0, 0.05) is 32.2 Å². The Morgan fingerprint density at radius 3 is 2.88 bits per heavy atom. The first kappa shape index (κ1) is 12.3. The summed E-state index contributed by atoms with van der Waals surface area (Å²) in [6.07, 6.45) is 1.12. The van der Waals surface area contributed by atoms with Crippen molar-refractivity contribution in [1.82, 2.24) is 5.32 Å². The zero-order valence-electron chi connectivity index (χ0n) is 9.07. The van der Waals surface area contributed by atoms with Crippen molar-refractivity contribution >= 4 is 38.6 Å². The molecule has 0 amide bonds. The van der Waals surface area contributed by atoms with Gasteiger partial charge in [-0.25, -0.2) is 0 Å². The fraction of sp³-hybridized carbons (Fsp3) is 0.333. The molecule has 1 atom stereocenters. The van der Waals surface area contributed by atoms with Crippen LogP contribution in [0.4, 0.5) is 0 Å². The molecule has 1 N–H and O–H groups in total. The van der Waals surface area contributed by atoms with Crippen molar-refractivity contribution in [2.45, 2.75) is 25.9 Å². The van der Waals surface area contributed by atoms with Gasteiger partial charge in [0.25, 0.3) is 0 Å². The molecule has 0 spiro atoms. The van der Waals surface area contributed by atoms with Crippen molar-refractivity contribution in [3.8, 4) is 0 Å². The van der Waals surface area contributed by atoms with Crippen molar-refractivity contribution in [1.29, 1.82) is 0 Å². The maximum Gasteiger partial charge on any atom is 0.0302 e. The summed E-state index contributed by atoms with van der Waals surface area (Å²) >= 11 is 7.10. The predicted octanol–water partition coefficient (Wildman–Crippen LogP) is 4.29. The number of thiophene rings is 2. The van der Waals surface area contributed by atoms with Gasteiger partial charge >= 0.3 is 0 Å². The Morgan fingerprint density at radius 1 is 1.38 bits per heavy atom. The minimum Gasteiger partial charge on any atom is -0.309 e. The van der Waals surface area contributed by atoms with E-state index in [-0.39, 0.29) is 0 Å². The van der Waals surface area contributed by atoms with Crippen LogP contribution < -0.4 is 5.32 Å². The van der Waals surface area contributed by atoms with Crippen LogP contribution in [-0.4, -0.2) is 6.04 Å². The van der Waals surface area contributed by atoms with E-state index in [9.17, 15) is 0 Å². The van der Waals surface area contributed by atoms with Crippen LogP contribution >= 0.6 is 38.6 Å². The average Bonchev–Trinajstić information content (AvgIpc) is 2.87. The predicted molar refractivity (Wildman–Crippen MR) is 76.3 cm³/mol. The standard InChI is InChI=1S/C12H14BrNS2/c1-9(5-11-3-2-4-15-11)14-7-12-6-10(13)8-16-12/h2-4,6,8-9,14H,5,7H2,1H3. The van der Waals surface area contributed by atoms with Gasteiger partial charge in [-0.05, 0) is 46.8 Å². The van der Waals surface area contributed by atoms with E-state index in [0.29, 0.717) is 6.04 Å². The first-order valence-corrected chi connectivity index (χ1v) is 7.78. The van der Waals surface area contributed by atoms with Crippen LogP contribution in [0.1, 0.15) is 16.7 Å². The van der Waals surface area contributed by atoms with E-state index in [1.165, 1.54) is 14.2 Å². The smallest absolute Gasteiger partial charge is 0.0302 e. The van der Waals surface area contributed by atoms with Crippen LogP contribution in [0, 0.1) is 0 Å². The first-order valence-electron chi connectivity index (χ1n) is 5.22. The van der Waals surface area contributed by atoms with Crippen molar-refractivity contribution in [3.05, 3.63) is 43.2 Å². The number of hydrogen-bond donors (Lipinski definition) is 1. The molecule has 0 radical (unpaired) electrons. The molecule has 0 bridgehead atoms. The number of nitrogens with one attached hydrogen (secondary N) is 1. The molecule has 1 nitrogen and oxygen atoms in total. The molecule has 0 saturated heterocycles. The second kappa shape index (κ2) is 5.96. The Bertz CT molecular complexity index is 422. The molecule has 0 aliphatic heterocycles. The maximum absolute atomic E-state index is 3.55. The lowest BCUT2D eigenvalue weighted by molar-refractivity contribution is 0.552. The van der Waals surface area contributed by atoms with E-state index in [2.05, 4.69) is 57.1 Å². The molecule has 0 aliphatic carbocycles. The molecule has 2 heterocycles. The third kappa shape index (κ3) is 3.70. The summed E-state index contributed by atoms with van der Waals surface area (Å²) in [5.74, 6) is 0. The Hall–Kier alpha value is -0.160. The van der Waals surface area contributed by atoms with E-state index in [1.807, 2.05) is 11.3 Å². The van der Waals surface area contributed by atoms with Crippen LogP contribution in [0.3, 0.4) is 0 Å². The third-order valence-corrected chi connectivity index (χ3v) is 4.93. The van der Waals surface area contributed by atoms with Gasteiger partial charge in [-0.1, -0.05) is 6.07 Å². The topological polar surface area (TPSA) is 12.0 Å². The molecule has 2 rings (SSSR count). The van der Waals surface area contributed by atoms with Gasteiger partial charge in [-0.3, -0.25) is 0 Å².